The van der Waals surface area contributed by atoms with Crippen molar-refractivity contribution in [2.45, 2.75) is 38.4 Å². The van der Waals surface area contributed by atoms with Gasteiger partial charge in [-0.1, -0.05) is 13.8 Å². The van der Waals surface area contributed by atoms with Gasteiger partial charge in [0.25, 0.3) is 0 Å². The zero-order valence-corrected chi connectivity index (χ0v) is 11.8. The highest BCUT2D eigenvalue weighted by atomic mass is 32.2. The third kappa shape index (κ3) is 5.22. The van der Waals surface area contributed by atoms with Gasteiger partial charge in [-0.2, -0.15) is 36.2 Å². The minimum absolute atomic E-state index is 0.882. The molecule has 1 heterocycles. The molecule has 0 aromatic heterocycles. The molecule has 3 atom stereocenters. The minimum atomic E-state index is 0.882. The zero-order chi connectivity index (χ0) is 10.4. The first-order chi connectivity index (χ1) is 6.72. The molecule has 0 bridgehead atoms. The number of hydrogen-bond donors (Lipinski definition) is 1. The fraction of sp³-hybridized carbons (Fsp3) is 1.00. The summed E-state index contributed by atoms with van der Waals surface area (Å²) in [5.74, 6) is 4.60. The van der Waals surface area contributed by atoms with Gasteiger partial charge in [0.2, 0.25) is 0 Å². The van der Waals surface area contributed by atoms with Gasteiger partial charge in [0.15, 0.2) is 0 Å². The van der Waals surface area contributed by atoms with Crippen LogP contribution in [-0.4, -0.2) is 21.8 Å². The van der Waals surface area contributed by atoms with Crippen LogP contribution >= 0.6 is 36.2 Å². The van der Waals surface area contributed by atoms with Crippen LogP contribution in [-0.2, 0) is 0 Å². The Bertz CT molecular complexity index is 149. The molecule has 0 radical (unpaired) electrons. The van der Waals surface area contributed by atoms with Gasteiger partial charge >= 0.3 is 0 Å². The maximum absolute atomic E-state index is 4.22. The molecular formula is C11H22S3. The maximum atomic E-state index is 4.22. The summed E-state index contributed by atoms with van der Waals surface area (Å²) < 4.78 is 0. The predicted octanol–water partition coefficient (Wildman–Crippen LogP) is 4.16. The van der Waals surface area contributed by atoms with Crippen LogP contribution in [0.3, 0.4) is 0 Å². The summed E-state index contributed by atoms with van der Waals surface area (Å²) in [6, 6.07) is 0. The zero-order valence-electron chi connectivity index (χ0n) is 9.24. The summed E-state index contributed by atoms with van der Waals surface area (Å²) in [6.07, 6.45) is 4.32. The Morgan fingerprint density at radius 2 is 2.36 bits per heavy atom. The molecule has 3 unspecified atom stereocenters. The van der Waals surface area contributed by atoms with E-state index in [0.29, 0.717) is 0 Å². The third-order valence-electron chi connectivity index (χ3n) is 2.84. The van der Waals surface area contributed by atoms with Crippen LogP contribution in [0.5, 0.6) is 0 Å². The first-order valence-corrected chi connectivity index (χ1v) is 8.36. The second-order valence-corrected chi connectivity index (χ2v) is 7.67. The van der Waals surface area contributed by atoms with E-state index in [-0.39, 0.29) is 0 Å². The smallest absolute Gasteiger partial charge is 0.0361 e. The summed E-state index contributed by atoms with van der Waals surface area (Å²) in [5.41, 5.74) is 0. The fourth-order valence-electron chi connectivity index (χ4n) is 1.96. The van der Waals surface area contributed by atoms with Gasteiger partial charge in [0.05, 0.1) is 0 Å². The molecular weight excluding hydrogens is 228 g/mol. The van der Waals surface area contributed by atoms with Crippen LogP contribution in [0.4, 0.5) is 0 Å². The number of thioether (sulfide) groups is 2. The number of thiol groups is 1. The number of rotatable bonds is 6. The average molecular weight is 250 g/mol. The molecule has 0 amide bonds. The van der Waals surface area contributed by atoms with E-state index in [1.165, 1.54) is 30.8 Å². The topological polar surface area (TPSA) is 0 Å². The second kappa shape index (κ2) is 7.34. The van der Waals surface area contributed by atoms with Gasteiger partial charge in [-0.15, -0.1) is 0 Å². The van der Waals surface area contributed by atoms with E-state index in [1.807, 2.05) is 11.8 Å². The standard InChI is InChI=1S/C11H22S3/c1-9(6-13-8-12)3-4-11-5-10(2)14-7-11/h9-12H,3-8H2,1-2H3. The normalized spacial score (nSPS) is 29.4. The minimum Gasteiger partial charge on any atom is -0.168 e. The predicted molar refractivity (Wildman–Crippen MR) is 74.7 cm³/mol. The second-order valence-electron chi connectivity index (χ2n) is 4.43. The molecule has 1 fully saturated rings. The first kappa shape index (κ1) is 13.1. The quantitative estimate of drug-likeness (QED) is 0.555. The molecule has 3 heteroatoms. The molecule has 0 saturated carbocycles. The maximum Gasteiger partial charge on any atom is 0.0361 e. The molecule has 14 heavy (non-hydrogen) atoms. The molecule has 0 aliphatic carbocycles. The lowest BCUT2D eigenvalue weighted by molar-refractivity contribution is 0.450. The Hall–Kier alpha value is 1.05. The van der Waals surface area contributed by atoms with Crippen molar-refractivity contribution in [2.75, 3.05) is 16.6 Å². The van der Waals surface area contributed by atoms with Crippen molar-refractivity contribution in [3.05, 3.63) is 0 Å². The van der Waals surface area contributed by atoms with Crippen LogP contribution in [0.15, 0.2) is 0 Å². The first-order valence-electron chi connectivity index (χ1n) is 5.52. The molecule has 84 valence electrons. The Morgan fingerprint density at radius 1 is 1.57 bits per heavy atom. The highest BCUT2D eigenvalue weighted by Crippen LogP contribution is 2.34. The van der Waals surface area contributed by atoms with E-state index in [2.05, 4.69) is 38.2 Å². The van der Waals surface area contributed by atoms with Crippen molar-refractivity contribution in [1.29, 1.82) is 0 Å². The summed E-state index contributed by atoms with van der Waals surface area (Å²) in [6.45, 7) is 4.74. The van der Waals surface area contributed by atoms with E-state index in [9.17, 15) is 0 Å². The van der Waals surface area contributed by atoms with Crippen molar-refractivity contribution >= 4 is 36.2 Å². The van der Waals surface area contributed by atoms with E-state index in [0.717, 1.165) is 22.2 Å². The highest BCUT2D eigenvalue weighted by molar-refractivity contribution is 8.09. The van der Waals surface area contributed by atoms with Crippen LogP contribution in [0.2, 0.25) is 0 Å². The monoisotopic (exact) mass is 250 g/mol. The van der Waals surface area contributed by atoms with Crippen LogP contribution in [0, 0.1) is 11.8 Å². The summed E-state index contributed by atoms with van der Waals surface area (Å²) in [7, 11) is 0. The van der Waals surface area contributed by atoms with Crippen LogP contribution in [0.1, 0.15) is 33.1 Å². The van der Waals surface area contributed by atoms with Crippen LogP contribution < -0.4 is 0 Å². The lowest BCUT2D eigenvalue weighted by Crippen LogP contribution is -2.05. The Kier molecular flexibility index (Phi) is 6.88. The molecule has 1 aliphatic heterocycles. The number of hydrogen-bond acceptors (Lipinski definition) is 3. The van der Waals surface area contributed by atoms with Gasteiger partial charge in [0, 0.05) is 10.3 Å². The Labute approximate surface area is 103 Å². The van der Waals surface area contributed by atoms with Gasteiger partial charge < -0.3 is 0 Å². The lowest BCUT2D eigenvalue weighted by Gasteiger charge is -2.13. The molecule has 1 saturated heterocycles. The summed E-state index contributed by atoms with van der Waals surface area (Å²) in [5, 5.41) is 1.89. The van der Waals surface area contributed by atoms with Crippen LogP contribution in [0.25, 0.3) is 0 Å². The van der Waals surface area contributed by atoms with Crippen molar-refractivity contribution < 1.29 is 0 Å². The SMILES string of the molecule is CC(CCC1CSC(C)C1)CSCS. The molecule has 1 aliphatic rings. The van der Waals surface area contributed by atoms with Gasteiger partial charge in [0.1, 0.15) is 0 Å². The summed E-state index contributed by atoms with van der Waals surface area (Å²) >= 11 is 8.34. The van der Waals surface area contributed by atoms with Gasteiger partial charge in [-0.25, -0.2) is 0 Å². The lowest BCUT2D eigenvalue weighted by atomic mass is 9.96. The molecule has 0 N–H and O–H groups in total. The Morgan fingerprint density at radius 3 is 2.93 bits per heavy atom. The largest absolute Gasteiger partial charge is 0.168 e. The third-order valence-corrected chi connectivity index (χ3v) is 5.80. The highest BCUT2D eigenvalue weighted by Gasteiger charge is 2.21. The van der Waals surface area contributed by atoms with E-state index < -0.39 is 0 Å². The molecule has 0 nitrogen and oxygen atoms in total. The van der Waals surface area contributed by atoms with Gasteiger partial charge in [-0.05, 0) is 42.6 Å². The van der Waals surface area contributed by atoms with Crippen molar-refractivity contribution in [3.63, 3.8) is 0 Å². The fourth-order valence-corrected chi connectivity index (χ4v) is 4.27. The van der Waals surface area contributed by atoms with Crippen molar-refractivity contribution in [1.82, 2.24) is 0 Å². The summed E-state index contributed by atoms with van der Waals surface area (Å²) in [4.78, 5) is 0. The van der Waals surface area contributed by atoms with Gasteiger partial charge in [-0.3, -0.25) is 0 Å². The average Bonchev–Trinajstić information content (AvgIpc) is 2.58. The molecule has 0 aromatic rings. The molecule has 0 aromatic carbocycles. The van der Waals surface area contributed by atoms with Crippen molar-refractivity contribution in [2.24, 2.45) is 11.8 Å². The van der Waals surface area contributed by atoms with E-state index in [1.54, 1.807) is 0 Å². The van der Waals surface area contributed by atoms with Crippen molar-refractivity contribution in [3.8, 4) is 0 Å². The van der Waals surface area contributed by atoms with E-state index in [4.69, 9.17) is 0 Å². The molecule has 0 spiro atoms. The molecule has 1 rings (SSSR count). The Balaban J connectivity index is 2.02. The van der Waals surface area contributed by atoms with E-state index >= 15 is 0 Å².